The van der Waals surface area contributed by atoms with Gasteiger partial charge in [0, 0.05) is 24.3 Å². The van der Waals surface area contributed by atoms with Gasteiger partial charge in [-0.25, -0.2) is 13.2 Å². The molecule has 0 unspecified atom stereocenters. The molecule has 1 heterocycles. The summed E-state index contributed by atoms with van der Waals surface area (Å²) < 4.78 is 35.5. The smallest absolute Gasteiger partial charge is 0.337 e. The standard InChI is InChI=1S/C22H25N3O7S/c1-31-22(28)17-3-7-18(8-4-17)23-20(26)15-25(33(2,29)30)19-9-5-16(6-10-19)21(27)24-11-13-32-14-12-24/h3-10H,11-15H2,1-2H3,(H,23,26). The fraction of sp³-hybridized carbons (Fsp3) is 0.318. The van der Waals surface area contributed by atoms with Crippen molar-refractivity contribution >= 4 is 39.2 Å². The highest BCUT2D eigenvalue weighted by atomic mass is 32.2. The van der Waals surface area contributed by atoms with E-state index in [4.69, 9.17) is 4.74 Å². The molecule has 176 valence electrons. The molecular formula is C22H25N3O7S. The molecule has 0 aliphatic carbocycles. The van der Waals surface area contributed by atoms with E-state index >= 15 is 0 Å². The van der Waals surface area contributed by atoms with E-state index in [-0.39, 0.29) is 11.6 Å². The number of morpholine rings is 1. The van der Waals surface area contributed by atoms with Crippen LogP contribution < -0.4 is 9.62 Å². The number of rotatable bonds is 7. The second-order valence-corrected chi connectivity index (χ2v) is 9.25. The van der Waals surface area contributed by atoms with E-state index < -0.39 is 28.4 Å². The normalized spacial score (nSPS) is 13.8. The number of hydrogen-bond donors (Lipinski definition) is 1. The molecule has 2 aromatic rings. The van der Waals surface area contributed by atoms with Crippen molar-refractivity contribution in [2.24, 2.45) is 0 Å². The minimum Gasteiger partial charge on any atom is -0.465 e. The van der Waals surface area contributed by atoms with E-state index in [1.54, 1.807) is 4.90 Å². The van der Waals surface area contributed by atoms with E-state index in [2.05, 4.69) is 10.1 Å². The van der Waals surface area contributed by atoms with Gasteiger partial charge in [0.2, 0.25) is 15.9 Å². The van der Waals surface area contributed by atoms with Gasteiger partial charge in [0.25, 0.3) is 5.91 Å². The third kappa shape index (κ3) is 6.30. The first-order chi connectivity index (χ1) is 15.7. The average molecular weight is 476 g/mol. The number of methoxy groups -OCH3 is 1. The Morgan fingerprint density at radius 1 is 1.00 bits per heavy atom. The van der Waals surface area contributed by atoms with Gasteiger partial charge in [-0.3, -0.25) is 13.9 Å². The zero-order valence-electron chi connectivity index (χ0n) is 18.3. The number of ether oxygens (including phenoxy) is 2. The van der Waals surface area contributed by atoms with Crippen molar-refractivity contribution in [1.29, 1.82) is 0 Å². The number of carbonyl (C=O) groups is 3. The van der Waals surface area contributed by atoms with Crippen LogP contribution in [0.1, 0.15) is 20.7 Å². The van der Waals surface area contributed by atoms with Gasteiger partial charge in [-0.05, 0) is 48.5 Å². The van der Waals surface area contributed by atoms with Crippen molar-refractivity contribution in [1.82, 2.24) is 4.90 Å². The molecule has 10 nitrogen and oxygen atoms in total. The summed E-state index contributed by atoms with van der Waals surface area (Å²) in [5, 5.41) is 2.60. The molecule has 1 saturated heterocycles. The monoisotopic (exact) mass is 475 g/mol. The summed E-state index contributed by atoms with van der Waals surface area (Å²) in [5.74, 6) is -1.24. The van der Waals surface area contributed by atoms with Gasteiger partial charge in [0.15, 0.2) is 0 Å². The van der Waals surface area contributed by atoms with Crippen molar-refractivity contribution in [3.05, 3.63) is 59.7 Å². The summed E-state index contributed by atoms with van der Waals surface area (Å²) in [5.41, 5.74) is 1.39. The Balaban J connectivity index is 1.70. The molecule has 1 aliphatic heterocycles. The van der Waals surface area contributed by atoms with Crippen LogP contribution in [0.4, 0.5) is 11.4 Å². The molecule has 0 saturated carbocycles. The van der Waals surface area contributed by atoms with E-state index in [9.17, 15) is 22.8 Å². The van der Waals surface area contributed by atoms with Gasteiger partial charge in [0.1, 0.15) is 6.54 Å². The van der Waals surface area contributed by atoms with Crippen molar-refractivity contribution < 1.29 is 32.3 Å². The zero-order chi connectivity index (χ0) is 24.0. The Hall–Kier alpha value is -3.44. The first kappa shape index (κ1) is 24.2. The molecule has 2 amide bonds. The van der Waals surface area contributed by atoms with Crippen LogP contribution in [-0.4, -0.2) is 77.3 Å². The maximum atomic E-state index is 12.6. The van der Waals surface area contributed by atoms with E-state index in [1.807, 2.05) is 0 Å². The number of benzene rings is 2. The lowest BCUT2D eigenvalue weighted by Crippen LogP contribution is -2.40. The van der Waals surface area contributed by atoms with Crippen molar-refractivity contribution in [3.63, 3.8) is 0 Å². The lowest BCUT2D eigenvalue weighted by atomic mass is 10.1. The molecule has 2 aromatic carbocycles. The number of carbonyl (C=O) groups excluding carboxylic acids is 3. The highest BCUT2D eigenvalue weighted by Gasteiger charge is 2.23. The number of nitrogens with one attached hydrogen (secondary N) is 1. The molecule has 3 rings (SSSR count). The summed E-state index contributed by atoms with van der Waals surface area (Å²) in [4.78, 5) is 38.3. The summed E-state index contributed by atoms with van der Waals surface area (Å²) >= 11 is 0. The van der Waals surface area contributed by atoms with Crippen LogP contribution in [-0.2, 0) is 24.3 Å². The maximum Gasteiger partial charge on any atom is 0.337 e. The van der Waals surface area contributed by atoms with Gasteiger partial charge in [-0.2, -0.15) is 0 Å². The minimum atomic E-state index is -3.78. The molecule has 0 bridgehead atoms. The van der Waals surface area contributed by atoms with E-state index in [0.29, 0.717) is 43.1 Å². The summed E-state index contributed by atoms with van der Waals surface area (Å²) in [6, 6.07) is 12.1. The number of nitrogens with zero attached hydrogens (tertiary/aromatic N) is 2. The maximum absolute atomic E-state index is 12.6. The Morgan fingerprint density at radius 2 is 1.58 bits per heavy atom. The van der Waals surface area contributed by atoms with Crippen LogP contribution in [0, 0.1) is 0 Å². The van der Waals surface area contributed by atoms with Crippen LogP contribution in [0.25, 0.3) is 0 Å². The predicted octanol–water partition coefficient (Wildman–Crippen LogP) is 1.35. The van der Waals surface area contributed by atoms with Crippen LogP contribution in [0.3, 0.4) is 0 Å². The molecule has 0 radical (unpaired) electrons. The largest absolute Gasteiger partial charge is 0.465 e. The Morgan fingerprint density at radius 3 is 2.12 bits per heavy atom. The Bertz CT molecular complexity index is 1110. The predicted molar refractivity (Wildman–Crippen MR) is 122 cm³/mol. The van der Waals surface area contributed by atoms with Gasteiger partial charge in [-0.1, -0.05) is 0 Å². The molecule has 33 heavy (non-hydrogen) atoms. The van der Waals surface area contributed by atoms with Gasteiger partial charge < -0.3 is 19.7 Å². The average Bonchev–Trinajstić information content (AvgIpc) is 2.82. The molecule has 11 heteroatoms. The van der Waals surface area contributed by atoms with Gasteiger partial charge >= 0.3 is 5.97 Å². The summed E-state index contributed by atoms with van der Waals surface area (Å²) in [7, 11) is -2.51. The van der Waals surface area contributed by atoms with Gasteiger partial charge in [-0.15, -0.1) is 0 Å². The SMILES string of the molecule is COC(=O)c1ccc(NC(=O)CN(c2ccc(C(=O)N3CCOCC3)cc2)S(C)(=O)=O)cc1. The molecule has 1 fully saturated rings. The first-order valence-corrected chi connectivity index (χ1v) is 12.0. The van der Waals surface area contributed by atoms with Crippen molar-refractivity contribution in [2.45, 2.75) is 0 Å². The summed E-state index contributed by atoms with van der Waals surface area (Å²) in [6.45, 7) is 1.49. The van der Waals surface area contributed by atoms with Crippen LogP contribution in [0.2, 0.25) is 0 Å². The number of esters is 1. The second kappa shape index (κ2) is 10.5. The quantitative estimate of drug-likeness (QED) is 0.600. The summed E-state index contributed by atoms with van der Waals surface area (Å²) in [6.07, 6.45) is 0.998. The fourth-order valence-electron chi connectivity index (χ4n) is 3.26. The number of amides is 2. The second-order valence-electron chi connectivity index (χ2n) is 7.34. The number of sulfonamides is 1. The van der Waals surface area contributed by atoms with Crippen LogP contribution in [0.5, 0.6) is 0 Å². The third-order valence-electron chi connectivity index (χ3n) is 4.98. The number of anilines is 2. The fourth-order valence-corrected chi connectivity index (χ4v) is 4.11. The minimum absolute atomic E-state index is 0.163. The molecule has 1 aliphatic rings. The van der Waals surface area contributed by atoms with E-state index in [1.165, 1.54) is 55.6 Å². The first-order valence-electron chi connectivity index (χ1n) is 10.1. The molecular weight excluding hydrogens is 450 g/mol. The highest BCUT2D eigenvalue weighted by molar-refractivity contribution is 7.92. The zero-order valence-corrected chi connectivity index (χ0v) is 19.1. The van der Waals surface area contributed by atoms with Crippen molar-refractivity contribution in [3.8, 4) is 0 Å². The molecule has 0 atom stereocenters. The number of hydrogen-bond acceptors (Lipinski definition) is 7. The van der Waals surface area contributed by atoms with E-state index in [0.717, 1.165) is 10.6 Å². The molecule has 0 aromatic heterocycles. The van der Waals surface area contributed by atoms with Crippen LogP contribution in [0.15, 0.2) is 48.5 Å². The topological polar surface area (TPSA) is 122 Å². The molecule has 0 spiro atoms. The van der Waals surface area contributed by atoms with Crippen molar-refractivity contribution in [2.75, 3.05) is 55.8 Å². The lowest BCUT2D eigenvalue weighted by molar-refractivity contribution is -0.114. The Kier molecular flexibility index (Phi) is 7.67. The van der Waals surface area contributed by atoms with Crippen LogP contribution >= 0.6 is 0 Å². The highest BCUT2D eigenvalue weighted by Crippen LogP contribution is 2.20. The lowest BCUT2D eigenvalue weighted by Gasteiger charge is -2.27. The third-order valence-corrected chi connectivity index (χ3v) is 6.12. The molecule has 1 N–H and O–H groups in total. The Labute approximate surface area is 192 Å². The van der Waals surface area contributed by atoms with Gasteiger partial charge in [0.05, 0.1) is 37.8 Å².